The first kappa shape index (κ1) is 6.01. The van der Waals surface area contributed by atoms with Gasteiger partial charge < -0.3 is 15.1 Å². The number of likely N-dealkylation sites (N-methyl/N-ethyl adjacent to an activating group) is 1. The fourth-order valence-corrected chi connectivity index (χ4v) is 0.957. The van der Waals surface area contributed by atoms with Gasteiger partial charge in [-0.15, -0.1) is 0 Å². The topological polar surface area (TPSA) is 43.7 Å². The predicted octanol–water partition coefficient (Wildman–Crippen LogP) is -1.35. The van der Waals surface area contributed by atoms with Gasteiger partial charge in [0, 0.05) is 13.1 Å². The number of rotatable bonds is 0. The normalized spacial score (nSPS) is 40.9. The zero-order valence-electron chi connectivity index (χ0n) is 4.91. The number of hydrogen-bond donors (Lipinski definition) is 2. The van der Waals surface area contributed by atoms with E-state index >= 15 is 0 Å². The molecule has 2 N–H and O–H groups in total. The zero-order valence-corrected chi connectivity index (χ0v) is 4.91. The van der Waals surface area contributed by atoms with E-state index in [4.69, 9.17) is 10.2 Å². The Bertz CT molecular complexity index is 76.5. The molecule has 0 radical (unpaired) electrons. The first-order valence-corrected chi connectivity index (χ1v) is 2.75. The molecule has 0 bridgehead atoms. The highest BCUT2D eigenvalue weighted by Crippen LogP contribution is 2.05. The van der Waals surface area contributed by atoms with Crippen LogP contribution in [0.25, 0.3) is 0 Å². The molecule has 8 heavy (non-hydrogen) atoms. The maximum atomic E-state index is 8.88. The first-order valence-electron chi connectivity index (χ1n) is 2.75. The third-order valence-corrected chi connectivity index (χ3v) is 1.44. The van der Waals surface area contributed by atoms with Crippen molar-refractivity contribution in [2.24, 2.45) is 0 Å². The molecular weight excluding hydrogens is 106 g/mol. The minimum atomic E-state index is -0.528. The molecule has 1 aliphatic heterocycles. The molecule has 1 heterocycles. The van der Waals surface area contributed by atoms with Crippen LogP contribution in [0.2, 0.25) is 0 Å². The lowest BCUT2D eigenvalue weighted by atomic mass is 10.3. The maximum absolute atomic E-state index is 8.88. The summed E-state index contributed by atoms with van der Waals surface area (Å²) >= 11 is 0. The number of hydrogen-bond acceptors (Lipinski definition) is 3. The Balaban J connectivity index is 2.39. The molecule has 0 aliphatic carbocycles. The van der Waals surface area contributed by atoms with E-state index in [1.807, 2.05) is 11.9 Å². The average molecular weight is 117 g/mol. The highest BCUT2D eigenvalue weighted by Gasteiger charge is 2.26. The second-order valence-electron chi connectivity index (χ2n) is 2.36. The lowest BCUT2D eigenvalue weighted by Crippen LogP contribution is -2.22. The van der Waals surface area contributed by atoms with Crippen LogP contribution in [0.15, 0.2) is 0 Å². The van der Waals surface area contributed by atoms with Gasteiger partial charge in [0.1, 0.15) is 0 Å². The maximum Gasteiger partial charge on any atom is 0.0938 e. The summed E-state index contributed by atoms with van der Waals surface area (Å²) in [6.45, 7) is 1.20. The molecule has 0 amide bonds. The van der Waals surface area contributed by atoms with Crippen LogP contribution < -0.4 is 0 Å². The fourth-order valence-electron chi connectivity index (χ4n) is 0.957. The molecule has 3 nitrogen and oxygen atoms in total. The number of aliphatic hydroxyl groups excluding tert-OH is 2. The summed E-state index contributed by atoms with van der Waals surface area (Å²) in [5.41, 5.74) is 0. The summed E-state index contributed by atoms with van der Waals surface area (Å²) in [6, 6.07) is 0. The van der Waals surface area contributed by atoms with E-state index in [9.17, 15) is 0 Å². The number of aliphatic hydroxyl groups is 2. The lowest BCUT2D eigenvalue weighted by molar-refractivity contribution is 0.0572. The summed E-state index contributed by atoms with van der Waals surface area (Å²) in [7, 11) is 1.87. The van der Waals surface area contributed by atoms with Gasteiger partial charge in [0.15, 0.2) is 0 Å². The number of β-amino-alcohol motifs (C(OH)–C–C–N with tert-alkyl or cyclic N) is 2. The van der Waals surface area contributed by atoms with Crippen LogP contribution in [0.5, 0.6) is 0 Å². The van der Waals surface area contributed by atoms with Crippen LogP contribution in [0.4, 0.5) is 0 Å². The van der Waals surface area contributed by atoms with Crippen LogP contribution in [0, 0.1) is 0 Å². The summed E-state index contributed by atoms with van der Waals surface area (Å²) < 4.78 is 0. The first-order chi connectivity index (χ1) is 3.70. The van der Waals surface area contributed by atoms with Crippen molar-refractivity contribution in [2.75, 3.05) is 20.1 Å². The third kappa shape index (κ3) is 0.992. The van der Waals surface area contributed by atoms with Crippen molar-refractivity contribution in [1.82, 2.24) is 4.90 Å². The SMILES string of the molecule is CN1CC(O)C(O)C1. The molecule has 1 aliphatic rings. The van der Waals surface area contributed by atoms with Gasteiger partial charge >= 0.3 is 0 Å². The van der Waals surface area contributed by atoms with E-state index in [0.29, 0.717) is 13.1 Å². The van der Waals surface area contributed by atoms with Crippen LogP contribution in [-0.2, 0) is 0 Å². The number of likely N-dealkylation sites (tertiary alicyclic amines) is 1. The van der Waals surface area contributed by atoms with E-state index in [2.05, 4.69) is 0 Å². The highest BCUT2D eigenvalue weighted by atomic mass is 16.3. The minimum absolute atomic E-state index is 0.528. The second-order valence-corrected chi connectivity index (χ2v) is 2.36. The van der Waals surface area contributed by atoms with Crippen molar-refractivity contribution in [3.05, 3.63) is 0 Å². The summed E-state index contributed by atoms with van der Waals surface area (Å²) in [5.74, 6) is 0. The summed E-state index contributed by atoms with van der Waals surface area (Å²) in [6.07, 6.45) is -1.06. The van der Waals surface area contributed by atoms with Gasteiger partial charge in [-0.3, -0.25) is 0 Å². The van der Waals surface area contributed by atoms with Crippen molar-refractivity contribution < 1.29 is 10.2 Å². The molecule has 0 spiro atoms. The zero-order chi connectivity index (χ0) is 6.15. The van der Waals surface area contributed by atoms with Crippen molar-refractivity contribution in [3.8, 4) is 0 Å². The van der Waals surface area contributed by atoms with Crippen molar-refractivity contribution in [1.29, 1.82) is 0 Å². The lowest BCUT2D eigenvalue weighted by Gasteiger charge is -2.02. The van der Waals surface area contributed by atoms with E-state index in [0.717, 1.165) is 0 Å². The van der Waals surface area contributed by atoms with Gasteiger partial charge in [-0.1, -0.05) is 0 Å². The molecule has 2 atom stereocenters. The van der Waals surface area contributed by atoms with Crippen LogP contribution in [0.1, 0.15) is 0 Å². The minimum Gasteiger partial charge on any atom is -0.389 e. The molecule has 1 fully saturated rings. The largest absolute Gasteiger partial charge is 0.389 e. The Kier molecular flexibility index (Phi) is 1.51. The average Bonchev–Trinajstić information content (AvgIpc) is 1.85. The molecule has 1 rings (SSSR count). The van der Waals surface area contributed by atoms with E-state index in [1.54, 1.807) is 0 Å². The molecule has 3 heteroatoms. The fraction of sp³-hybridized carbons (Fsp3) is 1.00. The van der Waals surface area contributed by atoms with Gasteiger partial charge in [-0.05, 0) is 7.05 Å². The standard InChI is InChI=1S/C5H11NO2/c1-6-2-4(7)5(8)3-6/h4-5,7-8H,2-3H2,1H3. The Morgan fingerprint density at radius 3 is 1.75 bits per heavy atom. The molecule has 0 aromatic rings. The van der Waals surface area contributed by atoms with Crippen molar-refractivity contribution >= 4 is 0 Å². The van der Waals surface area contributed by atoms with E-state index in [1.165, 1.54) is 0 Å². The van der Waals surface area contributed by atoms with Gasteiger partial charge in [-0.2, -0.15) is 0 Å². The molecule has 48 valence electrons. The second kappa shape index (κ2) is 2.01. The molecule has 0 aromatic heterocycles. The predicted molar refractivity (Wildman–Crippen MR) is 29.5 cm³/mol. The van der Waals surface area contributed by atoms with Gasteiger partial charge in [-0.25, -0.2) is 0 Å². The monoisotopic (exact) mass is 117 g/mol. The van der Waals surface area contributed by atoms with E-state index in [-0.39, 0.29) is 0 Å². The molecule has 1 saturated heterocycles. The Morgan fingerprint density at radius 2 is 1.62 bits per heavy atom. The third-order valence-electron chi connectivity index (χ3n) is 1.44. The molecular formula is C5H11NO2. The van der Waals surface area contributed by atoms with Gasteiger partial charge in [0.2, 0.25) is 0 Å². The molecule has 0 saturated carbocycles. The highest BCUT2D eigenvalue weighted by molar-refractivity contribution is 4.80. The molecule has 0 aromatic carbocycles. The van der Waals surface area contributed by atoms with Crippen molar-refractivity contribution in [3.63, 3.8) is 0 Å². The molecule has 2 unspecified atom stereocenters. The Morgan fingerprint density at radius 1 is 1.25 bits per heavy atom. The van der Waals surface area contributed by atoms with Crippen LogP contribution >= 0.6 is 0 Å². The van der Waals surface area contributed by atoms with Gasteiger partial charge in [0.25, 0.3) is 0 Å². The summed E-state index contributed by atoms with van der Waals surface area (Å²) in [5, 5.41) is 17.8. The quantitative estimate of drug-likeness (QED) is 0.412. The van der Waals surface area contributed by atoms with Crippen LogP contribution in [0.3, 0.4) is 0 Å². The Hall–Kier alpha value is -0.120. The smallest absolute Gasteiger partial charge is 0.0938 e. The van der Waals surface area contributed by atoms with Crippen LogP contribution in [-0.4, -0.2) is 47.5 Å². The van der Waals surface area contributed by atoms with E-state index < -0.39 is 12.2 Å². The number of nitrogens with zero attached hydrogens (tertiary/aromatic N) is 1. The van der Waals surface area contributed by atoms with Crippen molar-refractivity contribution in [2.45, 2.75) is 12.2 Å². The van der Waals surface area contributed by atoms with Gasteiger partial charge in [0.05, 0.1) is 12.2 Å². The Labute approximate surface area is 48.5 Å². The summed E-state index contributed by atoms with van der Waals surface area (Å²) in [4.78, 5) is 1.90.